The number of halogens is 3. The number of hydrogen-bond donors (Lipinski definition) is 1. The molecule has 1 heterocycles. The molecule has 0 saturated carbocycles. The van der Waals surface area contributed by atoms with Crippen molar-refractivity contribution in [2.24, 2.45) is 0 Å². The minimum atomic E-state index is -0.445. The number of nitrogens with one attached hydrogen (secondary N) is 1. The molecule has 3 nitrogen and oxygen atoms in total. The van der Waals surface area contributed by atoms with E-state index >= 15 is 0 Å². The maximum absolute atomic E-state index is 13.7. The molecule has 0 aliphatic heterocycles. The maximum Gasteiger partial charge on any atom is 0.148 e. The molecule has 2 aromatic rings. The van der Waals surface area contributed by atoms with Crippen molar-refractivity contribution in [1.29, 1.82) is 0 Å². The smallest absolute Gasteiger partial charge is 0.148 e. The molecule has 19 heavy (non-hydrogen) atoms. The van der Waals surface area contributed by atoms with E-state index < -0.39 is 5.82 Å². The van der Waals surface area contributed by atoms with E-state index in [1.807, 2.05) is 6.92 Å². The van der Waals surface area contributed by atoms with Crippen LogP contribution < -0.4 is 5.32 Å². The molecule has 0 atom stereocenters. The first-order chi connectivity index (χ1) is 9.08. The van der Waals surface area contributed by atoms with Crippen molar-refractivity contribution in [2.45, 2.75) is 19.8 Å². The second-order valence-corrected chi connectivity index (χ2v) is 4.81. The number of nitrogens with zero attached hydrogens (tertiary/aromatic N) is 2. The molecule has 1 aromatic heterocycles. The highest BCUT2D eigenvalue weighted by molar-refractivity contribution is 6.30. The van der Waals surface area contributed by atoms with Gasteiger partial charge in [0.1, 0.15) is 22.6 Å². The number of benzene rings is 1. The van der Waals surface area contributed by atoms with Crippen LogP contribution in [0.3, 0.4) is 0 Å². The van der Waals surface area contributed by atoms with Gasteiger partial charge >= 0.3 is 0 Å². The molecule has 0 aliphatic carbocycles. The van der Waals surface area contributed by atoms with Crippen LogP contribution in [0.25, 0.3) is 0 Å². The number of aryl methyl sites for hydroxylation is 1. The molecule has 0 spiro atoms. The van der Waals surface area contributed by atoms with Gasteiger partial charge in [-0.2, -0.15) is 0 Å². The number of rotatable bonds is 4. The van der Waals surface area contributed by atoms with Crippen molar-refractivity contribution < 1.29 is 4.39 Å². The molecule has 0 saturated heterocycles. The zero-order valence-electron chi connectivity index (χ0n) is 10.3. The van der Waals surface area contributed by atoms with Crippen LogP contribution in [0.4, 0.5) is 15.9 Å². The topological polar surface area (TPSA) is 37.8 Å². The Bertz CT molecular complexity index is 590. The summed E-state index contributed by atoms with van der Waals surface area (Å²) < 4.78 is 13.7. The second-order valence-electron chi connectivity index (χ2n) is 3.99. The predicted octanol–water partition coefficient (Wildman–Crippen LogP) is 4.62. The van der Waals surface area contributed by atoms with E-state index in [-0.39, 0.29) is 0 Å². The number of hydrogen-bond acceptors (Lipinski definition) is 3. The Morgan fingerprint density at radius 3 is 2.68 bits per heavy atom. The SMILES string of the molecule is CCCc1nc(Cl)cc(Nc2ccc(Cl)cc2F)n1. The molecule has 2 rings (SSSR count). The first kappa shape index (κ1) is 14.0. The lowest BCUT2D eigenvalue weighted by Gasteiger charge is -2.08. The van der Waals surface area contributed by atoms with Gasteiger partial charge in [0.25, 0.3) is 0 Å². The van der Waals surface area contributed by atoms with Gasteiger partial charge in [-0.05, 0) is 24.6 Å². The summed E-state index contributed by atoms with van der Waals surface area (Å²) in [6, 6.07) is 5.93. The summed E-state index contributed by atoms with van der Waals surface area (Å²) in [5.74, 6) is 0.649. The molecule has 100 valence electrons. The Kier molecular flexibility index (Phi) is 4.56. The molecular weight excluding hydrogens is 288 g/mol. The minimum absolute atomic E-state index is 0.293. The van der Waals surface area contributed by atoms with E-state index in [9.17, 15) is 4.39 Å². The standard InChI is InChI=1S/C13H12Cl2FN3/c1-2-3-12-18-11(15)7-13(19-12)17-10-5-4-8(14)6-9(10)16/h4-7H,2-3H2,1H3,(H,17,18,19). The van der Waals surface area contributed by atoms with Crippen LogP contribution in [0.1, 0.15) is 19.2 Å². The van der Waals surface area contributed by atoms with Crippen LogP contribution in [-0.2, 0) is 6.42 Å². The maximum atomic E-state index is 13.7. The fourth-order valence-corrected chi connectivity index (χ4v) is 1.95. The Labute approximate surface area is 120 Å². The third-order valence-corrected chi connectivity index (χ3v) is 2.84. The van der Waals surface area contributed by atoms with E-state index in [0.29, 0.717) is 27.5 Å². The van der Waals surface area contributed by atoms with E-state index in [4.69, 9.17) is 23.2 Å². The van der Waals surface area contributed by atoms with Crippen molar-refractivity contribution in [3.8, 4) is 0 Å². The number of aromatic nitrogens is 2. The number of anilines is 2. The van der Waals surface area contributed by atoms with E-state index in [1.54, 1.807) is 18.2 Å². The third kappa shape index (κ3) is 3.78. The summed E-state index contributed by atoms with van der Waals surface area (Å²) in [5, 5.41) is 3.54. The summed E-state index contributed by atoms with van der Waals surface area (Å²) in [7, 11) is 0. The second kappa shape index (κ2) is 6.17. The first-order valence-corrected chi connectivity index (χ1v) is 6.59. The third-order valence-electron chi connectivity index (χ3n) is 2.41. The largest absolute Gasteiger partial charge is 0.338 e. The Morgan fingerprint density at radius 2 is 2.00 bits per heavy atom. The Morgan fingerprint density at radius 1 is 1.21 bits per heavy atom. The lowest BCUT2D eigenvalue weighted by molar-refractivity contribution is 0.632. The quantitative estimate of drug-likeness (QED) is 0.837. The summed E-state index contributed by atoms with van der Waals surface area (Å²) in [5.41, 5.74) is 0.293. The van der Waals surface area contributed by atoms with Crippen LogP contribution in [0.15, 0.2) is 24.3 Å². The van der Waals surface area contributed by atoms with E-state index in [1.165, 1.54) is 6.07 Å². The fraction of sp³-hybridized carbons (Fsp3) is 0.231. The first-order valence-electron chi connectivity index (χ1n) is 5.84. The molecule has 1 aromatic carbocycles. The van der Waals surface area contributed by atoms with Crippen LogP contribution in [0.5, 0.6) is 0 Å². The summed E-state index contributed by atoms with van der Waals surface area (Å²) in [6.45, 7) is 2.02. The molecule has 0 aliphatic rings. The molecule has 6 heteroatoms. The van der Waals surface area contributed by atoms with Crippen molar-refractivity contribution in [3.05, 3.63) is 46.1 Å². The lowest BCUT2D eigenvalue weighted by Crippen LogP contribution is -2.01. The van der Waals surface area contributed by atoms with Gasteiger partial charge in [-0.15, -0.1) is 0 Å². The zero-order chi connectivity index (χ0) is 13.8. The van der Waals surface area contributed by atoms with Gasteiger partial charge in [0.05, 0.1) is 5.69 Å². The molecular formula is C13H12Cl2FN3. The molecule has 0 bridgehead atoms. The average molecular weight is 300 g/mol. The van der Waals surface area contributed by atoms with Gasteiger partial charge < -0.3 is 5.32 Å². The summed E-state index contributed by atoms with van der Waals surface area (Å²) in [4.78, 5) is 8.38. The van der Waals surface area contributed by atoms with E-state index in [2.05, 4.69) is 15.3 Å². The van der Waals surface area contributed by atoms with Gasteiger partial charge in [-0.25, -0.2) is 14.4 Å². The average Bonchev–Trinajstić information content (AvgIpc) is 2.32. The Balaban J connectivity index is 2.27. The summed E-state index contributed by atoms with van der Waals surface area (Å²) in [6.07, 6.45) is 1.63. The van der Waals surface area contributed by atoms with Gasteiger partial charge in [0.2, 0.25) is 0 Å². The molecule has 0 amide bonds. The van der Waals surface area contributed by atoms with Crippen molar-refractivity contribution in [1.82, 2.24) is 9.97 Å². The fourth-order valence-electron chi connectivity index (χ4n) is 1.59. The molecule has 0 fully saturated rings. The lowest BCUT2D eigenvalue weighted by atomic mass is 10.3. The molecule has 0 radical (unpaired) electrons. The van der Waals surface area contributed by atoms with Gasteiger partial charge in [-0.3, -0.25) is 0 Å². The Hall–Kier alpha value is -1.39. The van der Waals surface area contributed by atoms with Crippen LogP contribution >= 0.6 is 23.2 Å². The highest BCUT2D eigenvalue weighted by atomic mass is 35.5. The molecule has 1 N–H and O–H groups in total. The highest BCUT2D eigenvalue weighted by Crippen LogP contribution is 2.23. The van der Waals surface area contributed by atoms with Crippen molar-refractivity contribution >= 4 is 34.7 Å². The van der Waals surface area contributed by atoms with Crippen molar-refractivity contribution in [3.63, 3.8) is 0 Å². The van der Waals surface area contributed by atoms with Crippen LogP contribution in [-0.4, -0.2) is 9.97 Å². The minimum Gasteiger partial charge on any atom is -0.338 e. The predicted molar refractivity (Wildman–Crippen MR) is 75.7 cm³/mol. The normalized spacial score (nSPS) is 10.5. The van der Waals surface area contributed by atoms with Crippen LogP contribution in [0, 0.1) is 5.82 Å². The van der Waals surface area contributed by atoms with Gasteiger partial charge in [-0.1, -0.05) is 30.1 Å². The van der Waals surface area contributed by atoms with Crippen LogP contribution in [0.2, 0.25) is 10.2 Å². The zero-order valence-corrected chi connectivity index (χ0v) is 11.8. The molecule has 0 unspecified atom stereocenters. The van der Waals surface area contributed by atoms with Crippen molar-refractivity contribution in [2.75, 3.05) is 5.32 Å². The van der Waals surface area contributed by atoms with Gasteiger partial charge in [0.15, 0.2) is 0 Å². The van der Waals surface area contributed by atoms with E-state index in [0.717, 1.165) is 12.8 Å². The highest BCUT2D eigenvalue weighted by Gasteiger charge is 2.07. The monoisotopic (exact) mass is 299 g/mol. The summed E-state index contributed by atoms with van der Waals surface area (Å²) >= 11 is 11.6. The van der Waals surface area contributed by atoms with Gasteiger partial charge in [0, 0.05) is 17.5 Å².